The summed E-state index contributed by atoms with van der Waals surface area (Å²) >= 11 is 6.07. The lowest BCUT2D eigenvalue weighted by atomic mass is 10.0. The molecule has 0 unspecified atom stereocenters. The molecule has 2 aromatic carbocycles. The standard InChI is InChI=1S/C25H25ClN4O4/c1-15-24(16(2)34-28-15)17-6-7-22-21(11-17)27-23(31)13-29-8-9-30(12-20(29)14-33-22)25(32)18-4-3-5-19(26)10-18/h3-7,10-11,20H,8-9,12-14H2,1-2H3,(H,27,31)/t20-/m1/s1. The molecule has 3 aromatic rings. The summed E-state index contributed by atoms with van der Waals surface area (Å²) in [5.74, 6) is 1.11. The van der Waals surface area contributed by atoms with Crippen molar-refractivity contribution in [3.05, 3.63) is 64.5 Å². The number of nitrogens with one attached hydrogen (secondary N) is 1. The summed E-state index contributed by atoms with van der Waals surface area (Å²) < 4.78 is 11.5. The van der Waals surface area contributed by atoms with Gasteiger partial charge in [0.2, 0.25) is 5.91 Å². The summed E-state index contributed by atoms with van der Waals surface area (Å²) in [4.78, 5) is 29.8. The van der Waals surface area contributed by atoms with Gasteiger partial charge in [-0.15, -0.1) is 0 Å². The van der Waals surface area contributed by atoms with E-state index in [1.807, 2.05) is 32.0 Å². The molecule has 0 bridgehead atoms. The topological polar surface area (TPSA) is 87.9 Å². The van der Waals surface area contributed by atoms with Crippen molar-refractivity contribution < 1.29 is 18.8 Å². The number of hydrogen-bond donors (Lipinski definition) is 1. The Kier molecular flexibility index (Phi) is 6.02. The highest BCUT2D eigenvalue weighted by Gasteiger charge is 2.33. The van der Waals surface area contributed by atoms with Crippen LogP contribution in [0.25, 0.3) is 11.1 Å². The van der Waals surface area contributed by atoms with Crippen molar-refractivity contribution in [3.8, 4) is 16.9 Å². The van der Waals surface area contributed by atoms with Gasteiger partial charge in [-0.05, 0) is 49.7 Å². The van der Waals surface area contributed by atoms with E-state index in [4.69, 9.17) is 20.9 Å². The predicted molar refractivity (Wildman–Crippen MR) is 128 cm³/mol. The van der Waals surface area contributed by atoms with Gasteiger partial charge in [-0.3, -0.25) is 14.5 Å². The number of anilines is 1. The minimum Gasteiger partial charge on any atom is -0.490 e. The van der Waals surface area contributed by atoms with E-state index in [9.17, 15) is 9.59 Å². The molecule has 176 valence electrons. The summed E-state index contributed by atoms with van der Waals surface area (Å²) in [6.45, 7) is 5.89. The number of halogens is 1. The number of rotatable bonds is 2. The molecule has 2 aliphatic heterocycles. The Hall–Kier alpha value is -3.36. The molecule has 1 fully saturated rings. The maximum absolute atomic E-state index is 13.0. The number of carbonyl (C=O) groups excluding carboxylic acids is 2. The van der Waals surface area contributed by atoms with E-state index in [0.29, 0.717) is 54.0 Å². The van der Waals surface area contributed by atoms with Crippen LogP contribution in [0, 0.1) is 13.8 Å². The van der Waals surface area contributed by atoms with Crippen molar-refractivity contribution >= 4 is 29.1 Å². The zero-order valence-corrected chi connectivity index (χ0v) is 19.8. The van der Waals surface area contributed by atoms with Crippen LogP contribution in [0.4, 0.5) is 5.69 Å². The Morgan fingerprint density at radius 3 is 2.79 bits per heavy atom. The molecule has 0 spiro atoms. The van der Waals surface area contributed by atoms with Gasteiger partial charge in [-0.1, -0.05) is 28.9 Å². The first-order chi connectivity index (χ1) is 16.4. The van der Waals surface area contributed by atoms with Crippen molar-refractivity contribution in [3.63, 3.8) is 0 Å². The summed E-state index contributed by atoms with van der Waals surface area (Å²) in [6.07, 6.45) is 0. The van der Waals surface area contributed by atoms with Crippen LogP contribution in [0.1, 0.15) is 21.8 Å². The van der Waals surface area contributed by atoms with E-state index < -0.39 is 0 Å². The minimum absolute atomic E-state index is 0.0732. The van der Waals surface area contributed by atoms with Gasteiger partial charge in [-0.2, -0.15) is 0 Å². The highest BCUT2D eigenvalue weighted by Crippen LogP contribution is 2.34. The number of ether oxygens (including phenoxy) is 1. The van der Waals surface area contributed by atoms with E-state index in [2.05, 4.69) is 15.4 Å². The smallest absolute Gasteiger partial charge is 0.254 e. The summed E-state index contributed by atoms with van der Waals surface area (Å²) in [7, 11) is 0. The van der Waals surface area contributed by atoms with Crippen LogP contribution in [0.2, 0.25) is 5.02 Å². The molecule has 5 rings (SSSR count). The Morgan fingerprint density at radius 1 is 1.18 bits per heavy atom. The van der Waals surface area contributed by atoms with Crippen molar-refractivity contribution in [1.82, 2.24) is 15.0 Å². The van der Waals surface area contributed by atoms with Crippen LogP contribution >= 0.6 is 11.6 Å². The quantitative estimate of drug-likeness (QED) is 0.600. The van der Waals surface area contributed by atoms with Gasteiger partial charge in [0.05, 0.1) is 24.0 Å². The molecule has 8 nitrogen and oxygen atoms in total. The summed E-state index contributed by atoms with van der Waals surface area (Å²) in [5.41, 5.74) is 3.75. The lowest BCUT2D eigenvalue weighted by molar-refractivity contribution is -0.118. The molecule has 1 N–H and O–H groups in total. The third-order valence-corrected chi connectivity index (χ3v) is 6.55. The van der Waals surface area contributed by atoms with Gasteiger partial charge >= 0.3 is 0 Å². The number of piperazine rings is 1. The molecular weight excluding hydrogens is 456 g/mol. The van der Waals surface area contributed by atoms with Gasteiger partial charge in [0.1, 0.15) is 18.1 Å². The van der Waals surface area contributed by atoms with E-state index in [-0.39, 0.29) is 24.4 Å². The molecular formula is C25H25ClN4O4. The molecule has 1 atom stereocenters. The maximum atomic E-state index is 13.0. The third-order valence-electron chi connectivity index (χ3n) is 6.32. The highest BCUT2D eigenvalue weighted by molar-refractivity contribution is 6.30. The number of benzene rings is 2. The zero-order chi connectivity index (χ0) is 23.8. The number of amides is 2. The molecule has 2 amide bonds. The first kappa shape index (κ1) is 22.4. The van der Waals surface area contributed by atoms with Gasteiger partial charge in [0.15, 0.2) is 0 Å². The molecule has 1 saturated heterocycles. The van der Waals surface area contributed by atoms with Gasteiger partial charge in [-0.25, -0.2) is 0 Å². The number of aryl methyl sites for hydroxylation is 2. The number of nitrogens with zero attached hydrogens (tertiary/aromatic N) is 3. The Balaban J connectivity index is 1.37. The second-order valence-electron chi connectivity index (χ2n) is 8.66. The van der Waals surface area contributed by atoms with Crippen molar-refractivity contribution in [2.24, 2.45) is 0 Å². The molecule has 9 heteroatoms. The lowest BCUT2D eigenvalue weighted by Crippen LogP contribution is -2.57. The predicted octanol–water partition coefficient (Wildman–Crippen LogP) is 3.77. The monoisotopic (exact) mass is 480 g/mol. The lowest BCUT2D eigenvalue weighted by Gasteiger charge is -2.40. The fraction of sp³-hybridized carbons (Fsp3) is 0.320. The van der Waals surface area contributed by atoms with Crippen molar-refractivity contribution in [2.45, 2.75) is 19.9 Å². The number of fused-ring (bicyclic) bond motifs is 2. The zero-order valence-electron chi connectivity index (χ0n) is 19.0. The SMILES string of the molecule is Cc1noc(C)c1-c1ccc2c(c1)NC(=O)CN1CCN(C(=O)c3cccc(Cl)c3)C[C@@H]1CO2. The minimum atomic E-state index is -0.123. The maximum Gasteiger partial charge on any atom is 0.254 e. The van der Waals surface area contributed by atoms with Crippen molar-refractivity contribution in [1.29, 1.82) is 0 Å². The second-order valence-corrected chi connectivity index (χ2v) is 9.09. The van der Waals surface area contributed by atoms with Crippen LogP contribution in [0.3, 0.4) is 0 Å². The molecule has 2 aliphatic rings. The number of aromatic nitrogens is 1. The van der Waals surface area contributed by atoms with Gasteiger partial charge in [0, 0.05) is 35.8 Å². The normalized spacial score (nSPS) is 18.6. The molecule has 0 aliphatic carbocycles. The van der Waals surface area contributed by atoms with Crippen LogP contribution in [0.15, 0.2) is 47.0 Å². The van der Waals surface area contributed by atoms with Crippen LogP contribution in [-0.2, 0) is 4.79 Å². The fourth-order valence-corrected chi connectivity index (χ4v) is 4.80. The first-order valence-electron chi connectivity index (χ1n) is 11.2. The third kappa shape index (κ3) is 4.38. The molecule has 34 heavy (non-hydrogen) atoms. The van der Waals surface area contributed by atoms with Gasteiger partial charge in [0.25, 0.3) is 5.91 Å². The van der Waals surface area contributed by atoms with E-state index in [1.54, 1.807) is 29.2 Å². The summed E-state index contributed by atoms with van der Waals surface area (Å²) in [5, 5.41) is 7.54. The summed E-state index contributed by atoms with van der Waals surface area (Å²) in [6, 6.07) is 12.5. The van der Waals surface area contributed by atoms with E-state index in [1.165, 1.54) is 0 Å². The highest BCUT2D eigenvalue weighted by atomic mass is 35.5. The fourth-order valence-electron chi connectivity index (χ4n) is 4.61. The average molecular weight is 481 g/mol. The molecule has 1 aromatic heterocycles. The Labute approximate surface area is 202 Å². The van der Waals surface area contributed by atoms with Crippen molar-refractivity contribution in [2.75, 3.05) is 38.1 Å². The second kappa shape index (κ2) is 9.12. The molecule has 0 saturated carbocycles. The number of hydrogen-bond acceptors (Lipinski definition) is 6. The van der Waals surface area contributed by atoms with Crippen LogP contribution in [-0.4, -0.2) is 65.6 Å². The van der Waals surface area contributed by atoms with Gasteiger partial charge < -0.3 is 19.5 Å². The molecule has 3 heterocycles. The molecule has 0 radical (unpaired) electrons. The van der Waals surface area contributed by atoms with Crippen LogP contribution in [0.5, 0.6) is 5.75 Å². The average Bonchev–Trinajstić information content (AvgIpc) is 3.18. The largest absolute Gasteiger partial charge is 0.490 e. The number of carbonyl (C=O) groups is 2. The van der Waals surface area contributed by atoms with Crippen LogP contribution < -0.4 is 10.1 Å². The van der Waals surface area contributed by atoms with E-state index >= 15 is 0 Å². The Bertz CT molecular complexity index is 1240. The Morgan fingerprint density at radius 2 is 2.03 bits per heavy atom. The van der Waals surface area contributed by atoms with E-state index in [0.717, 1.165) is 16.8 Å². The first-order valence-corrected chi connectivity index (χ1v) is 11.6.